The molecule has 104 valence electrons. The quantitative estimate of drug-likeness (QED) is 0.325. The van der Waals surface area contributed by atoms with Crippen LogP contribution in [0.2, 0.25) is 0 Å². The third kappa shape index (κ3) is 12.0. The van der Waals surface area contributed by atoms with E-state index in [0.717, 1.165) is 12.8 Å². The van der Waals surface area contributed by atoms with Gasteiger partial charge in [-0.3, -0.25) is 4.55 Å². The molecule has 0 rings (SSSR count). The molecule has 0 spiro atoms. The Hall–Kier alpha value is -0.210. The standard InChI is InChI=1S/C10H23NO5S/c1-3-15-10(16-4-2)6-5-7-11-8-9-17(12,13)14/h10-11H,3-9H2,1-2H3,(H,12,13,14). The molecule has 0 amide bonds. The summed E-state index contributed by atoms with van der Waals surface area (Å²) in [6.45, 7) is 5.98. The first-order valence-electron chi connectivity index (χ1n) is 5.88. The number of rotatable bonds is 11. The topological polar surface area (TPSA) is 84.9 Å². The van der Waals surface area contributed by atoms with Crippen molar-refractivity contribution in [1.29, 1.82) is 0 Å². The number of hydrogen-bond donors (Lipinski definition) is 2. The van der Waals surface area contributed by atoms with Gasteiger partial charge in [-0.05, 0) is 33.2 Å². The molecule has 17 heavy (non-hydrogen) atoms. The summed E-state index contributed by atoms with van der Waals surface area (Å²) in [4.78, 5) is 0. The van der Waals surface area contributed by atoms with Crippen LogP contribution in [0, 0.1) is 0 Å². The van der Waals surface area contributed by atoms with Crippen molar-refractivity contribution in [1.82, 2.24) is 5.32 Å². The third-order valence-corrected chi connectivity index (χ3v) is 2.76. The molecule has 0 radical (unpaired) electrons. The fraction of sp³-hybridized carbons (Fsp3) is 1.00. The molecular formula is C10H23NO5S. The smallest absolute Gasteiger partial charge is 0.266 e. The largest absolute Gasteiger partial charge is 0.353 e. The summed E-state index contributed by atoms with van der Waals surface area (Å²) in [5.41, 5.74) is 0. The average Bonchev–Trinajstić information content (AvgIpc) is 2.22. The van der Waals surface area contributed by atoms with E-state index in [0.29, 0.717) is 19.8 Å². The number of nitrogens with one attached hydrogen (secondary N) is 1. The van der Waals surface area contributed by atoms with Crippen molar-refractivity contribution in [3.8, 4) is 0 Å². The van der Waals surface area contributed by atoms with Crippen LogP contribution in [0.15, 0.2) is 0 Å². The lowest BCUT2D eigenvalue weighted by molar-refractivity contribution is -0.139. The summed E-state index contributed by atoms with van der Waals surface area (Å²) in [5.74, 6) is -0.257. The zero-order valence-corrected chi connectivity index (χ0v) is 11.3. The lowest BCUT2D eigenvalue weighted by atomic mass is 10.3. The van der Waals surface area contributed by atoms with Crippen molar-refractivity contribution in [2.45, 2.75) is 33.0 Å². The van der Waals surface area contributed by atoms with Crippen LogP contribution in [0.4, 0.5) is 0 Å². The van der Waals surface area contributed by atoms with Crippen LogP contribution in [0.1, 0.15) is 26.7 Å². The van der Waals surface area contributed by atoms with Gasteiger partial charge in [-0.2, -0.15) is 8.42 Å². The van der Waals surface area contributed by atoms with Gasteiger partial charge >= 0.3 is 0 Å². The van der Waals surface area contributed by atoms with Gasteiger partial charge in [0.1, 0.15) is 0 Å². The van der Waals surface area contributed by atoms with Gasteiger partial charge in [0.15, 0.2) is 6.29 Å². The van der Waals surface area contributed by atoms with E-state index in [1.165, 1.54) is 0 Å². The Balaban J connectivity index is 3.48. The lowest BCUT2D eigenvalue weighted by Crippen LogP contribution is -2.25. The normalized spacial score (nSPS) is 12.2. The maximum atomic E-state index is 10.4. The van der Waals surface area contributed by atoms with Crippen LogP contribution in [0.3, 0.4) is 0 Å². The highest BCUT2D eigenvalue weighted by Crippen LogP contribution is 2.03. The van der Waals surface area contributed by atoms with E-state index in [9.17, 15) is 8.42 Å². The maximum Gasteiger partial charge on any atom is 0.266 e. The van der Waals surface area contributed by atoms with Crippen molar-refractivity contribution in [2.75, 3.05) is 32.1 Å². The van der Waals surface area contributed by atoms with Gasteiger partial charge in [-0.15, -0.1) is 0 Å². The Kier molecular flexibility index (Phi) is 9.66. The Morgan fingerprint density at radius 3 is 2.24 bits per heavy atom. The summed E-state index contributed by atoms with van der Waals surface area (Å²) >= 11 is 0. The van der Waals surface area contributed by atoms with Crippen LogP contribution in [0.5, 0.6) is 0 Å². The zero-order valence-electron chi connectivity index (χ0n) is 10.5. The SMILES string of the molecule is CCOC(CCCNCCS(=O)(=O)O)OCC. The Morgan fingerprint density at radius 1 is 1.18 bits per heavy atom. The molecule has 0 saturated carbocycles. The summed E-state index contributed by atoms with van der Waals surface area (Å²) in [6, 6.07) is 0. The average molecular weight is 269 g/mol. The van der Waals surface area contributed by atoms with Gasteiger partial charge in [-0.1, -0.05) is 0 Å². The van der Waals surface area contributed by atoms with Gasteiger partial charge in [0, 0.05) is 19.8 Å². The predicted molar refractivity (Wildman–Crippen MR) is 65.6 cm³/mol. The van der Waals surface area contributed by atoms with E-state index >= 15 is 0 Å². The van der Waals surface area contributed by atoms with E-state index in [1.54, 1.807) is 0 Å². The van der Waals surface area contributed by atoms with Crippen molar-refractivity contribution >= 4 is 10.1 Å². The third-order valence-electron chi connectivity index (χ3n) is 2.04. The van der Waals surface area contributed by atoms with Crippen molar-refractivity contribution < 1.29 is 22.4 Å². The molecular weight excluding hydrogens is 246 g/mol. The lowest BCUT2D eigenvalue weighted by Gasteiger charge is -2.16. The molecule has 0 saturated heterocycles. The molecule has 7 heteroatoms. The van der Waals surface area contributed by atoms with Crippen molar-refractivity contribution in [3.05, 3.63) is 0 Å². The van der Waals surface area contributed by atoms with Crippen LogP contribution in [-0.4, -0.2) is 51.3 Å². The predicted octanol–water partition coefficient (Wildman–Crippen LogP) is 0.643. The summed E-state index contributed by atoms with van der Waals surface area (Å²) in [6.07, 6.45) is 1.41. The Bertz CT molecular complexity index is 262. The van der Waals surface area contributed by atoms with E-state index in [4.69, 9.17) is 14.0 Å². The molecule has 0 aromatic carbocycles. The second-order valence-corrected chi connectivity index (χ2v) is 5.09. The monoisotopic (exact) mass is 269 g/mol. The first-order chi connectivity index (χ1) is 7.99. The van der Waals surface area contributed by atoms with E-state index in [-0.39, 0.29) is 18.6 Å². The first-order valence-corrected chi connectivity index (χ1v) is 7.49. The molecule has 0 fully saturated rings. The summed E-state index contributed by atoms with van der Waals surface area (Å²) < 4.78 is 40.0. The molecule has 2 N–H and O–H groups in total. The van der Waals surface area contributed by atoms with Crippen LogP contribution in [-0.2, 0) is 19.6 Å². The molecule has 0 atom stereocenters. The van der Waals surface area contributed by atoms with E-state index in [1.807, 2.05) is 13.8 Å². The highest BCUT2D eigenvalue weighted by molar-refractivity contribution is 7.85. The highest BCUT2D eigenvalue weighted by Gasteiger charge is 2.07. The van der Waals surface area contributed by atoms with E-state index < -0.39 is 10.1 Å². The minimum absolute atomic E-state index is 0.187. The Morgan fingerprint density at radius 2 is 1.76 bits per heavy atom. The molecule has 0 heterocycles. The molecule has 0 aliphatic carbocycles. The van der Waals surface area contributed by atoms with E-state index in [2.05, 4.69) is 5.32 Å². The molecule has 0 aromatic heterocycles. The van der Waals surface area contributed by atoms with Crippen LogP contribution in [0.25, 0.3) is 0 Å². The van der Waals surface area contributed by atoms with Crippen molar-refractivity contribution in [2.24, 2.45) is 0 Å². The minimum atomic E-state index is -3.86. The number of hydrogen-bond acceptors (Lipinski definition) is 5. The van der Waals surface area contributed by atoms with Gasteiger partial charge in [0.2, 0.25) is 0 Å². The van der Waals surface area contributed by atoms with Gasteiger partial charge in [0.25, 0.3) is 10.1 Å². The van der Waals surface area contributed by atoms with Gasteiger partial charge < -0.3 is 14.8 Å². The molecule has 0 aromatic rings. The molecule has 6 nitrogen and oxygen atoms in total. The van der Waals surface area contributed by atoms with Gasteiger partial charge in [0.05, 0.1) is 5.75 Å². The second-order valence-electron chi connectivity index (χ2n) is 3.52. The fourth-order valence-corrected chi connectivity index (χ4v) is 1.71. The number of ether oxygens (including phenoxy) is 2. The second kappa shape index (κ2) is 9.78. The highest BCUT2D eigenvalue weighted by atomic mass is 32.2. The molecule has 0 aliphatic rings. The van der Waals surface area contributed by atoms with Crippen molar-refractivity contribution in [3.63, 3.8) is 0 Å². The zero-order chi connectivity index (χ0) is 13.1. The van der Waals surface area contributed by atoms with Gasteiger partial charge in [-0.25, -0.2) is 0 Å². The maximum absolute atomic E-state index is 10.4. The first kappa shape index (κ1) is 16.8. The Labute approximate surface area is 103 Å². The van der Waals surface area contributed by atoms with Crippen LogP contribution < -0.4 is 5.32 Å². The molecule has 0 bridgehead atoms. The molecule has 0 aliphatic heterocycles. The summed E-state index contributed by atoms with van der Waals surface area (Å²) in [7, 11) is -3.86. The van der Waals surface area contributed by atoms with Crippen LogP contribution >= 0.6 is 0 Å². The fourth-order valence-electron chi connectivity index (χ4n) is 1.31. The molecule has 0 unspecified atom stereocenters. The summed E-state index contributed by atoms with van der Waals surface area (Å²) in [5, 5.41) is 2.93. The minimum Gasteiger partial charge on any atom is -0.353 e.